The first-order valence-corrected chi connectivity index (χ1v) is 12.3. The molecular formula is C28H36N2O5. The second-order valence-corrected chi connectivity index (χ2v) is 8.52. The van der Waals surface area contributed by atoms with Crippen LogP contribution >= 0.6 is 0 Å². The Kier molecular flexibility index (Phi) is 8.57. The summed E-state index contributed by atoms with van der Waals surface area (Å²) in [6.07, 6.45) is 1.34. The molecule has 188 valence electrons. The first-order chi connectivity index (χ1) is 16.8. The summed E-state index contributed by atoms with van der Waals surface area (Å²) in [6, 6.07) is 7.72. The van der Waals surface area contributed by atoms with E-state index in [1.165, 1.54) is 0 Å². The number of aliphatic hydroxyl groups excluding tert-OH is 1. The van der Waals surface area contributed by atoms with Gasteiger partial charge in [-0.3, -0.25) is 0 Å². The molecule has 0 aliphatic rings. The monoisotopic (exact) mass is 480 g/mol. The van der Waals surface area contributed by atoms with Crippen molar-refractivity contribution in [2.45, 2.75) is 66.9 Å². The molecule has 35 heavy (non-hydrogen) atoms. The minimum absolute atomic E-state index is 0.0476. The van der Waals surface area contributed by atoms with Crippen molar-refractivity contribution in [1.82, 2.24) is 9.97 Å². The van der Waals surface area contributed by atoms with Crippen molar-refractivity contribution in [3.05, 3.63) is 80.4 Å². The zero-order valence-corrected chi connectivity index (χ0v) is 21.5. The van der Waals surface area contributed by atoms with E-state index in [0.717, 1.165) is 44.8 Å². The average Bonchev–Trinajstić information content (AvgIpc) is 3.36. The third-order valence-corrected chi connectivity index (χ3v) is 6.58. The van der Waals surface area contributed by atoms with Crippen LogP contribution in [0.2, 0.25) is 0 Å². The quantitative estimate of drug-likeness (QED) is 0.350. The summed E-state index contributed by atoms with van der Waals surface area (Å²) >= 11 is 0. The lowest BCUT2D eigenvalue weighted by molar-refractivity contribution is 0.0509. The number of hydrogen-bond donors (Lipinski definition) is 3. The largest absolute Gasteiger partial charge is 0.461 e. The molecule has 1 aromatic carbocycles. The maximum atomic E-state index is 12.8. The van der Waals surface area contributed by atoms with Gasteiger partial charge in [0.2, 0.25) is 0 Å². The maximum absolute atomic E-state index is 12.8. The van der Waals surface area contributed by atoms with Crippen molar-refractivity contribution in [3.63, 3.8) is 0 Å². The first-order valence-electron chi connectivity index (χ1n) is 12.3. The number of carbonyl (C=O) groups excluding carboxylic acids is 2. The van der Waals surface area contributed by atoms with Crippen molar-refractivity contribution >= 4 is 11.9 Å². The molecule has 0 aliphatic carbocycles. The van der Waals surface area contributed by atoms with Crippen LogP contribution in [0.15, 0.2) is 24.3 Å². The Labute approximate surface area is 206 Å². The van der Waals surface area contributed by atoms with E-state index < -0.39 is 0 Å². The van der Waals surface area contributed by atoms with E-state index in [1.54, 1.807) is 13.8 Å². The van der Waals surface area contributed by atoms with Gasteiger partial charge in [0.25, 0.3) is 0 Å². The Hall–Kier alpha value is -3.32. The van der Waals surface area contributed by atoms with E-state index in [9.17, 15) is 14.7 Å². The smallest absolute Gasteiger partial charge is 0.355 e. The minimum atomic E-state index is -0.377. The number of carbonyl (C=O) groups is 2. The first kappa shape index (κ1) is 26.3. The number of aliphatic hydroxyl groups is 1. The Morgan fingerprint density at radius 1 is 0.800 bits per heavy atom. The molecule has 0 atom stereocenters. The standard InChI is InChI=1S/C28H36N2O5/c1-7-20-16(5)23(29-25(20)27(32)34-9-3)22(19-13-11-18(15-31)12-14-19)24-17(6)21(8-2)26(30-24)28(33)35-10-4/h11-14,22,29-31H,7-10,15H2,1-6H3. The van der Waals surface area contributed by atoms with Crippen LogP contribution in [0.3, 0.4) is 0 Å². The average molecular weight is 481 g/mol. The van der Waals surface area contributed by atoms with Crippen LogP contribution in [0.25, 0.3) is 0 Å². The summed E-state index contributed by atoms with van der Waals surface area (Å²) in [5.74, 6) is -1.06. The lowest BCUT2D eigenvalue weighted by atomic mass is 9.87. The van der Waals surface area contributed by atoms with Crippen molar-refractivity contribution in [2.24, 2.45) is 0 Å². The van der Waals surface area contributed by atoms with E-state index in [1.807, 2.05) is 52.0 Å². The summed E-state index contributed by atoms with van der Waals surface area (Å²) in [5, 5.41) is 9.54. The second kappa shape index (κ2) is 11.4. The minimum Gasteiger partial charge on any atom is -0.461 e. The Morgan fingerprint density at radius 2 is 1.23 bits per heavy atom. The fourth-order valence-electron chi connectivity index (χ4n) is 4.82. The highest BCUT2D eigenvalue weighted by Crippen LogP contribution is 2.38. The highest BCUT2D eigenvalue weighted by Gasteiger charge is 2.31. The molecule has 0 spiro atoms. The van der Waals surface area contributed by atoms with Crippen molar-refractivity contribution in [1.29, 1.82) is 0 Å². The van der Waals surface area contributed by atoms with Crippen LogP contribution in [-0.2, 0) is 28.9 Å². The van der Waals surface area contributed by atoms with Gasteiger partial charge >= 0.3 is 11.9 Å². The van der Waals surface area contributed by atoms with Crippen LogP contribution in [-0.4, -0.2) is 40.2 Å². The summed E-state index contributed by atoms with van der Waals surface area (Å²) in [4.78, 5) is 32.3. The van der Waals surface area contributed by atoms with Crippen molar-refractivity contribution < 1.29 is 24.2 Å². The Morgan fingerprint density at radius 3 is 1.57 bits per heavy atom. The molecule has 3 aromatic rings. The van der Waals surface area contributed by atoms with Gasteiger partial charge in [0.1, 0.15) is 11.4 Å². The van der Waals surface area contributed by atoms with Gasteiger partial charge in [-0.1, -0.05) is 38.1 Å². The molecule has 0 amide bonds. The van der Waals surface area contributed by atoms with Crippen molar-refractivity contribution in [3.8, 4) is 0 Å². The van der Waals surface area contributed by atoms with Gasteiger partial charge in [-0.25, -0.2) is 9.59 Å². The number of nitrogens with one attached hydrogen (secondary N) is 2. The van der Waals surface area contributed by atoms with Gasteiger partial charge in [-0.05, 0) is 73.9 Å². The molecule has 0 saturated heterocycles. The molecule has 2 heterocycles. The molecule has 0 radical (unpaired) electrons. The second-order valence-electron chi connectivity index (χ2n) is 8.52. The number of rotatable bonds is 10. The highest BCUT2D eigenvalue weighted by molar-refractivity contribution is 5.91. The number of H-pyrrole nitrogens is 2. The molecule has 7 heteroatoms. The van der Waals surface area contributed by atoms with E-state index in [2.05, 4.69) is 9.97 Å². The van der Waals surface area contributed by atoms with E-state index in [4.69, 9.17) is 9.47 Å². The van der Waals surface area contributed by atoms with E-state index >= 15 is 0 Å². The Balaban J connectivity index is 2.29. The van der Waals surface area contributed by atoms with Gasteiger partial charge in [-0.2, -0.15) is 0 Å². The zero-order valence-electron chi connectivity index (χ0n) is 21.5. The molecule has 0 saturated carbocycles. The highest BCUT2D eigenvalue weighted by atomic mass is 16.5. The normalized spacial score (nSPS) is 11.2. The van der Waals surface area contributed by atoms with Gasteiger partial charge in [-0.15, -0.1) is 0 Å². The fourth-order valence-corrected chi connectivity index (χ4v) is 4.82. The Bertz CT molecular complexity index is 1120. The summed E-state index contributed by atoms with van der Waals surface area (Å²) in [7, 11) is 0. The number of hydrogen-bond acceptors (Lipinski definition) is 5. The van der Waals surface area contributed by atoms with Crippen LogP contribution in [0.5, 0.6) is 0 Å². The molecule has 3 N–H and O–H groups in total. The van der Waals surface area contributed by atoms with Gasteiger partial charge in [0.05, 0.1) is 25.7 Å². The predicted octanol–water partition coefficient (Wildman–Crippen LogP) is 5.11. The molecule has 3 rings (SSSR count). The number of benzene rings is 1. The van der Waals surface area contributed by atoms with E-state index in [0.29, 0.717) is 37.4 Å². The summed E-state index contributed by atoms with van der Waals surface area (Å²) in [5.41, 5.74) is 8.23. The number of esters is 2. The SMILES string of the molecule is CCOC(=O)c1[nH]c(C(c2ccc(CO)cc2)c2[nH]c(C(=O)OCC)c(CC)c2C)c(C)c1CC. The summed E-state index contributed by atoms with van der Waals surface area (Å²) < 4.78 is 10.6. The molecule has 0 unspecified atom stereocenters. The molecule has 0 aliphatic heterocycles. The van der Waals surface area contributed by atoms with Gasteiger partial charge < -0.3 is 24.5 Å². The topological polar surface area (TPSA) is 104 Å². The van der Waals surface area contributed by atoms with Crippen LogP contribution in [0, 0.1) is 13.8 Å². The lowest BCUT2D eigenvalue weighted by Crippen LogP contribution is -2.10. The zero-order chi connectivity index (χ0) is 25.7. The molecule has 7 nitrogen and oxygen atoms in total. The lowest BCUT2D eigenvalue weighted by Gasteiger charge is -2.19. The van der Waals surface area contributed by atoms with Crippen molar-refractivity contribution in [2.75, 3.05) is 13.2 Å². The number of ether oxygens (including phenoxy) is 2. The number of aromatic nitrogens is 2. The van der Waals surface area contributed by atoms with Crippen LogP contribution in [0.4, 0.5) is 0 Å². The molecular weight excluding hydrogens is 444 g/mol. The number of aromatic amines is 2. The van der Waals surface area contributed by atoms with Crippen LogP contribution in [0.1, 0.15) is 99.4 Å². The molecule has 0 bridgehead atoms. The predicted molar refractivity (Wildman–Crippen MR) is 135 cm³/mol. The maximum Gasteiger partial charge on any atom is 0.355 e. The molecule has 0 fully saturated rings. The van der Waals surface area contributed by atoms with Crippen LogP contribution < -0.4 is 0 Å². The molecule has 2 aromatic heterocycles. The van der Waals surface area contributed by atoms with Gasteiger partial charge in [0.15, 0.2) is 0 Å². The van der Waals surface area contributed by atoms with E-state index in [-0.39, 0.29) is 24.5 Å². The van der Waals surface area contributed by atoms with Gasteiger partial charge in [0, 0.05) is 11.4 Å². The fraction of sp³-hybridized carbons (Fsp3) is 0.429. The third kappa shape index (κ3) is 5.05. The third-order valence-electron chi connectivity index (χ3n) is 6.58. The summed E-state index contributed by atoms with van der Waals surface area (Å²) in [6.45, 7) is 12.2.